The molecule has 0 N–H and O–H groups in total. The van der Waals surface area contributed by atoms with E-state index < -0.39 is 17.7 Å². The van der Waals surface area contributed by atoms with Crippen molar-refractivity contribution in [3.63, 3.8) is 0 Å². The first-order valence-corrected chi connectivity index (χ1v) is 5.40. The normalized spacial score (nSPS) is 14.3. The molecule has 5 heteroatoms. The molecule has 1 fully saturated rings. The molecule has 0 radical (unpaired) electrons. The number of halogens is 3. The lowest BCUT2D eigenvalue weighted by Gasteiger charge is -2.09. The number of methoxy groups -OCH3 is 1. The van der Waals surface area contributed by atoms with Crippen LogP contribution in [0.4, 0.5) is 13.2 Å². The second-order valence-corrected chi connectivity index (χ2v) is 4.14. The van der Waals surface area contributed by atoms with Gasteiger partial charge < -0.3 is 4.74 Å². The molecule has 0 saturated heterocycles. The largest absolute Gasteiger partial charge is 0.465 e. The van der Waals surface area contributed by atoms with Crippen LogP contribution in [0.2, 0.25) is 0 Å². The first-order chi connectivity index (χ1) is 8.40. The van der Waals surface area contributed by atoms with Gasteiger partial charge in [-0.15, -0.1) is 0 Å². The van der Waals surface area contributed by atoms with Gasteiger partial charge in [0.2, 0.25) is 0 Å². The number of carbonyl (C=O) groups is 1. The highest BCUT2D eigenvalue weighted by Crippen LogP contribution is 2.34. The Kier molecular flexibility index (Phi) is 3.15. The molecular formula is C13H11F3O2. The maximum Gasteiger partial charge on any atom is 0.416 e. The van der Waals surface area contributed by atoms with Gasteiger partial charge in [0.15, 0.2) is 0 Å². The molecule has 1 aliphatic rings. The fourth-order valence-electron chi connectivity index (χ4n) is 1.59. The second-order valence-electron chi connectivity index (χ2n) is 4.14. The molecule has 1 aromatic carbocycles. The predicted molar refractivity (Wildman–Crippen MR) is 60.0 cm³/mol. The third-order valence-electron chi connectivity index (χ3n) is 2.61. The minimum Gasteiger partial charge on any atom is -0.465 e. The molecule has 0 amide bonds. The Balaban J connectivity index is 2.47. The van der Waals surface area contributed by atoms with Crippen LogP contribution in [0.5, 0.6) is 0 Å². The standard InChI is InChI=1S/C13H11F3O2/c1-18-12(17)10-5-9(4-8-2-3-8)6-11(7-10)13(14,15)16/h4-7H,2-3H2,1H3. The van der Waals surface area contributed by atoms with Crippen molar-refractivity contribution in [1.82, 2.24) is 0 Å². The van der Waals surface area contributed by atoms with Crippen molar-refractivity contribution in [2.24, 2.45) is 0 Å². The molecule has 0 aliphatic heterocycles. The lowest BCUT2D eigenvalue weighted by molar-refractivity contribution is -0.137. The van der Waals surface area contributed by atoms with Gasteiger partial charge in [0.1, 0.15) is 0 Å². The summed E-state index contributed by atoms with van der Waals surface area (Å²) >= 11 is 0. The molecule has 2 nitrogen and oxygen atoms in total. The Bertz CT molecular complexity index is 509. The summed E-state index contributed by atoms with van der Waals surface area (Å²) < 4.78 is 42.5. The van der Waals surface area contributed by atoms with Gasteiger partial charge in [-0.2, -0.15) is 13.2 Å². The van der Waals surface area contributed by atoms with Crippen LogP contribution in [0.15, 0.2) is 23.8 Å². The van der Waals surface area contributed by atoms with Gasteiger partial charge in [0.05, 0.1) is 18.2 Å². The SMILES string of the molecule is COC(=O)c1cc(C=C2CC2)cc(C(F)(F)F)c1. The summed E-state index contributed by atoms with van der Waals surface area (Å²) in [6, 6.07) is 3.25. The fraction of sp³-hybridized carbons (Fsp3) is 0.308. The van der Waals surface area contributed by atoms with Crippen molar-refractivity contribution in [2.45, 2.75) is 19.0 Å². The average molecular weight is 256 g/mol. The molecule has 1 aromatic rings. The molecular weight excluding hydrogens is 245 g/mol. The van der Waals surface area contributed by atoms with Crippen LogP contribution >= 0.6 is 0 Å². The van der Waals surface area contributed by atoms with E-state index in [0.29, 0.717) is 5.56 Å². The Morgan fingerprint density at radius 1 is 1.28 bits per heavy atom. The van der Waals surface area contributed by atoms with Gasteiger partial charge >= 0.3 is 12.1 Å². The van der Waals surface area contributed by atoms with E-state index in [1.165, 1.54) is 6.07 Å². The Morgan fingerprint density at radius 3 is 2.44 bits per heavy atom. The Hall–Kier alpha value is -1.78. The van der Waals surface area contributed by atoms with Gasteiger partial charge in [-0.3, -0.25) is 0 Å². The maximum atomic E-state index is 12.7. The van der Waals surface area contributed by atoms with Gasteiger partial charge in [0.25, 0.3) is 0 Å². The summed E-state index contributed by atoms with van der Waals surface area (Å²) in [5.74, 6) is -0.767. The summed E-state index contributed by atoms with van der Waals surface area (Å²) in [7, 11) is 1.14. The van der Waals surface area contributed by atoms with Crippen molar-refractivity contribution in [3.05, 3.63) is 40.5 Å². The van der Waals surface area contributed by atoms with Crippen molar-refractivity contribution < 1.29 is 22.7 Å². The quantitative estimate of drug-likeness (QED) is 0.755. The highest BCUT2D eigenvalue weighted by Gasteiger charge is 2.31. The van der Waals surface area contributed by atoms with Crippen molar-refractivity contribution in [2.75, 3.05) is 7.11 Å². The number of ether oxygens (including phenoxy) is 1. The van der Waals surface area contributed by atoms with Crippen LogP contribution in [-0.4, -0.2) is 13.1 Å². The van der Waals surface area contributed by atoms with E-state index in [1.54, 1.807) is 6.08 Å². The third kappa shape index (κ3) is 2.91. The van der Waals surface area contributed by atoms with Crippen LogP contribution in [0.3, 0.4) is 0 Å². The predicted octanol–water partition coefficient (Wildman–Crippen LogP) is 3.67. The zero-order valence-electron chi connectivity index (χ0n) is 9.67. The van der Waals surface area contributed by atoms with E-state index in [9.17, 15) is 18.0 Å². The van der Waals surface area contributed by atoms with Gasteiger partial charge in [-0.1, -0.05) is 11.6 Å². The van der Waals surface area contributed by atoms with Gasteiger partial charge in [-0.25, -0.2) is 4.79 Å². The van der Waals surface area contributed by atoms with Crippen molar-refractivity contribution >= 4 is 12.0 Å². The minimum atomic E-state index is -4.47. The monoisotopic (exact) mass is 256 g/mol. The summed E-state index contributed by atoms with van der Waals surface area (Å²) in [5, 5.41) is 0. The van der Waals surface area contributed by atoms with E-state index in [-0.39, 0.29) is 5.56 Å². The third-order valence-corrected chi connectivity index (χ3v) is 2.61. The fourth-order valence-corrected chi connectivity index (χ4v) is 1.59. The minimum absolute atomic E-state index is 0.0835. The van der Waals surface area contributed by atoms with Crippen LogP contribution < -0.4 is 0 Å². The molecule has 0 aromatic heterocycles. The van der Waals surface area contributed by atoms with Gasteiger partial charge in [0, 0.05) is 0 Å². The lowest BCUT2D eigenvalue weighted by atomic mass is 10.0. The summed E-state index contributed by atoms with van der Waals surface area (Å²) in [4.78, 5) is 11.3. The lowest BCUT2D eigenvalue weighted by Crippen LogP contribution is -2.09. The number of benzene rings is 1. The Morgan fingerprint density at radius 2 is 1.94 bits per heavy atom. The molecule has 96 valence electrons. The van der Waals surface area contributed by atoms with Crippen LogP contribution in [0.1, 0.15) is 34.3 Å². The van der Waals surface area contributed by atoms with Crippen molar-refractivity contribution in [1.29, 1.82) is 0 Å². The molecule has 0 unspecified atom stereocenters. The molecule has 18 heavy (non-hydrogen) atoms. The summed E-state index contributed by atoms with van der Waals surface area (Å²) in [6.45, 7) is 0. The van der Waals surface area contributed by atoms with E-state index in [2.05, 4.69) is 4.74 Å². The number of hydrogen-bond donors (Lipinski definition) is 0. The average Bonchev–Trinajstić information content (AvgIpc) is 3.10. The number of carbonyl (C=O) groups excluding carboxylic acids is 1. The smallest absolute Gasteiger partial charge is 0.416 e. The molecule has 0 heterocycles. The first kappa shape index (κ1) is 12.7. The number of alkyl halides is 3. The van der Waals surface area contributed by atoms with E-state index in [0.717, 1.165) is 37.7 Å². The topological polar surface area (TPSA) is 26.3 Å². The van der Waals surface area contributed by atoms with E-state index >= 15 is 0 Å². The number of esters is 1. The highest BCUT2D eigenvalue weighted by atomic mass is 19.4. The zero-order chi connectivity index (χ0) is 13.3. The molecule has 2 rings (SSSR count). The second kappa shape index (κ2) is 4.48. The van der Waals surface area contributed by atoms with Crippen LogP contribution in [-0.2, 0) is 10.9 Å². The molecule has 1 aliphatic carbocycles. The van der Waals surface area contributed by atoms with E-state index in [4.69, 9.17) is 0 Å². The van der Waals surface area contributed by atoms with E-state index in [1.807, 2.05) is 0 Å². The molecule has 0 atom stereocenters. The number of allylic oxidation sites excluding steroid dienone is 1. The number of rotatable bonds is 2. The first-order valence-electron chi connectivity index (χ1n) is 5.40. The number of hydrogen-bond acceptors (Lipinski definition) is 2. The maximum absolute atomic E-state index is 12.7. The van der Waals surface area contributed by atoms with Crippen LogP contribution in [0.25, 0.3) is 6.08 Å². The molecule has 1 saturated carbocycles. The summed E-state index contributed by atoms with van der Waals surface area (Å²) in [6.07, 6.45) is -0.976. The van der Waals surface area contributed by atoms with Crippen molar-refractivity contribution in [3.8, 4) is 0 Å². The Labute approximate surface area is 102 Å². The highest BCUT2D eigenvalue weighted by molar-refractivity contribution is 5.90. The zero-order valence-corrected chi connectivity index (χ0v) is 9.67. The molecule has 0 bridgehead atoms. The van der Waals surface area contributed by atoms with Crippen LogP contribution in [0, 0.1) is 0 Å². The summed E-state index contributed by atoms with van der Waals surface area (Å²) in [5.41, 5.74) is 0.556. The molecule has 0 spiro atoms. The van der Waals surface area contributed by atoms with Gasteiger partial charge in [-0.05, 0) is 36.6 Å².